The van der Waals surface area contributed by atoms with Crippen LogP contribution in [0.3, 0.4) is 0 Å². The summed E-state index contributed by atoms with van der Waals surface area (Å²) >= 11 is 0. The molecule has 1 unspecified atom stereocenters. The number of ether oxygens (including phenoxy) is 1. The third-order valence-electron chi connectivity index (χ3n) is 0.933. The molecule has 1 radical (unpaired) electrons. The molecule has 49 valence electrons. The number of hydrogen-bond acceptors (Lipinski definition) is 4. The van der Waals surface area contributed by atoms with Gasteiger partial charge in [0.25, 0.3) is 0 Å². The lowest BCUT2D eigenvalue weighted by Gasteiger charge is -2.12. The fraction of sp³-hybridized carbons (Fsp3) is 0.600. The molecule has 0 fully saturated rings. The first-order valence-electron chi connectivity index (χ1n) is 2.61. The summed E-state index contributed by atoms with van der Waals surface area (Å²) in [6, 6.07) is 0. The first-order valence-corrected chi connectivity index (χ1v) is 2.61. The monoisotopic (exact) mass is 126 g/mol. The van der Waals surface area contributed by atoms with E-state index in [4.69, 9.17) is 4.74 Å². The average molecular weight is 126 g/mol. The summed E-state index contributed by atoms with van der Waals surface area (Å²) in [5.41, 5.74) is 0. The van der Waals surface area contributed by atoms with Gasteiger partial charge in [0.15, 0.2) is 6.34 Å². The first-order chi connectivity index (χ1) is 4.33. The molecule has 4 nitrogen and oxygen atoms in total. The highest BCUT2D eigenvalue weighted by Crippen LogP contribution is 1.92. The van der Waals surface area contributed by atoms with Crippen LogP contribution in [-0.4, -0.2) is 25.6 Å². The fourth-order valence-electron chi connectivity index (χ4n) is 0.511. The minimum absolute atomic E-state index is 0.303. The van der Waals surface area contributed by atoms with Crippen LogP contribution in [0.1, 0.15) is 6.92 Å². The molecule has 0 aromatic carbocycles. The molecule has 0 aromatic rings. The third-order valence-corrected chi connectivity index (χ3v) is 0.933. The van der Waals surface area contributed by atoms with Gasteiger partial charge in [-0.2, -0.15) is 0 Å². The number of hydrogen-bond donors (Lipinski definition) is 1. The summed E-state index contributed by atoms with van der Waals surface area (Å²) in [6.07, 6.45) is 2.25. The highest BCUT2D eigenvalue weighted by molar-refractivity contribution is 5.88. The molecule has 0 aliphatic carbocycles. The van der Waals surface area contributed by atoms with E-state index in [9.17, 15) is 0 Å². The van der Waals surface area contributed by atoms with Crippen LogP contribution < -0.4 is 5.32 Å². The molecule has 0 saturated heterocycles. The lowest BCUT2D eigenvalue weighted by molar-refractivity contribution is 0.0985. The Hall–Kier alpha value is -0.900. The summed E-state index contributed by atoms with van der Waals surface area (Å²) in [5.74, 6) is 0.681. The Labute approximate surface area is 53.6 Å². The van der Waals surface area contributed by atoms with Gasteiger partial charge in [0.2, 0.25) is 6.35 Å². The van der Waals surface area contributed by atoms with Crippen molar-refractivity contribution >= 4 is 12.2 Å². The maximum Gasteiger partial charge on any atom is 0.228 e. The molecule has 4 heteroatoms. The molecule has 1 atom stereocenters. The van der Waals surface area contributed by atoms with E-state index in [1.165, 1.54) is 0 Å². The standard InChI is InChI=1S/C5H8N3O/c1-4-6-3-7-5(8-4)9-2/h5H,1-2H3,(H,6,7,8). The van der Waals surface area contributed by atoms with Gasteiger partial charge in [-0.25, -0.2) is 9.98 Å². The fourth-order valence-corrected chi connectivity index (χ4v) is 0.511. The van der Waals surface area contributed by atoms with Gasteiger partial charge in [-0.3, -0.25) is 0 Å². The van der Waals surface area contributed by atoms with Gasteiger partial charge in [0.1, 0.15) is 5.84 Å². The predicted molar refractivity (Wildman–Crippen MR) is 34.5 cm³/mol. The van der Waals surface area contributed by atoms with Crippen LogP contribution in [0.15, 0.2) is 9.98 Å². The van der Waals surface area contributed by atoms with Gasteiger partial charge in [0.05, 0.1) is 0 Å². The Bertz CT molecular complexity index is 152. The van der Waals surface area contributed by atoms with Crippen molar-refractivity contribution in [3.05, 3.63) is 0 Å². The van der Waals surface area contributed by atoms with Crippen LogP contribution >= 0.6 is 0 Å². The van der Waals surface area contributed by atoms with Gasteiger partial charge < -0.3 is 10.1 Å². The highest BCUT2D eigenvalue weighted by Gasteiger charge is 2.04. The largest absolute Gasteiger partial charge is 0.343 e. The molecule has 1 aliphatic rings. The Morgan fingerprint density at radius 3 is 3.00 bits per heavy atom. The number of amidine groups is 1. The average Bonchev–Trinajstić information content (AvgIpc) is 1.88. The van der Waals surface area contributed by atoms with Crippen molar-refractivity contribution < 1.29 is 4.74 Å². The third kappa shape index (κ3) is 1.50. The molecule has 9 heavy (non-hydrogen) atoms. The van der Waals surface area contributed by atoms with Gasteiger partial charge in [0, 0.05) is 7.11 Å². The van der Waals surface area contributed by atoms with Crippen molar-refractivity contribution in [1.29, 1.82) is 0 Å². The number of nitrogens with one attached hydrogen (secondary N) is 1. The topological polar surface area (TPSA) is 46.0 Å². The molecular weight excluding hydrogens is 118 g/mol. The normalized spacial score (nSPS) is 25.1. The molecule has 0 amide bonds. The molecule has 1 heterocycles. The van der Waals surface area contributed by atoms with Crippen molar-refractivity contribution in [2.45, 2.75) is 13.3 Å². The van der Waals surface area contributed by atoms with Gasteiger partial charge >= 0.3 is 0 Å². The maximum atomic E-state index is 4.84. The lowest BCUT2D eigenvalue weighted by atomic mass is 10.6. The number of methoxy groups -OCH3 is 1. The quantitative estimate of drug-likeness (QED) is 0.530. The predicted octanol–water partition coefficient (Wildman–Crippen LogP) is -0.157. The molecular formula is C5H8N3O. The highest BCUT2D eigenvalue weighted by atomic mass is 16.5. The molecule has 1 aliphatic heterocycles. The zero-order valence-corrected chi connectivity index (χ0v) is 5.38. The Kier molecular flexibility index (Phi) is 1.79. The minimum Gasteiger partial charge on any atom is -0.343 e. The van der Waals surface area contributed by atoms with Crippen LogP contribution in [0.25, 0.3) is 0 Å². The molecule has 1 rings (SSSR count). The first kappa shape index (κ1) is 6.22. The molecule has 0 bridgehead atoms. The van der Waals surface area contributed by atoms with E-state index in [1.54, 1.807) is 14.0 Å². The number of aliphatic imine (C=N–C) groups is 2. The van der Waals surface area contributed by atoms with E-state index in [2.05, 4.69) is 21.6 Å². The van der Waals surface area contributed by atoms with Gasteiger partial charge in [-0.1, -0.05) is 0 Å². The van der Waals surface area contributed by atoms with Crippen LogP contribution in [-0.2, 0) is 4.74 Å². The van der Waals surface area contributed by atoms with E-state index < -0.39 is 0 Å². The maximum absolute atomic E-state index is 4.84. The van der Waals surface area contributed by atoms with E-state index in [1.807, 2.05) is 0 Å². The van der Waals surface area contributed by atoms with Crippen molar-refractivity contribution in [3.63, 3.8) is 0 Å². The van der Waals surface area contributed by atoms with Gasteiger partial charge in [-0.05, 0) is 6.92 Å². The van der Waals surface area contributed by atoms with Crippen molar-refractivity contribution in [2.75, 3.05) is 7.11 Å². The molecule has 0 spiro atoms. The summed E-state index contributed by atoms with van der Waals surface area (Å²) < 4.78 is 4.84. The van der Waals surface area contributed by atoms with Gasteiger partial charge in [-0.15, -0.1) is 0 Å². The lowest BCUT2D eigenvalue weighted by Crippen LogP contribution is -2.31. The Morgan fingerprint density at radius 1 is 1.78 bits per heavy atom. The molecule has 1 N–H and O–H groups in total. The summed E-state index contributed by atoms with van der Waals surface area (Å²) in [5, 5.41) is 2.67. The van der Waals surface area contributed by atoms with Crippen LogP contribution in [0.5, 0.6) is 0 Å². The summed E-state index contributed by atoms with van der Waals surface area (Å²) in [7, 11) is 1.57. The Morgan fingerprint density at radius 2 is 2.56 bits per heavy atom. The van der Waals surface area contributed by atoms with Crippen molar-refractivity contribution in [1.82, 2.24) is 5.32 Å². The second kappa shape index (κ2) is 2.59. The van der Waals surface area contributed by atoms with Crippen molar-refractivity contribution in [3.8, 4) is 0 Å². The van der Waals surface area contributed by atoms with E-state index in [-0.39, 0.29) is 6.35 Å². The zero-order chi connectivity index (χ0) is 6.69. The van der Waals surface area contributed by atoms with E-state index >= 15 is 0 Å². The van der Waals surface area contributed by atoms with Crippen LogP contribution in [0.2, 0.25) is 0 Å². The second-order valence-electron chi connectivity index (χ2n) is 1.63. The van der Waals surface area contributed by atoms with Crippen LogP contribution in [0, 0.1) is 0 Å². The summed E-state index contributed by atoms with van der Waals surface area (Å²) in [4.78, 5) is 7.69. The van der Waals surface area contributed by atoms with E-state index in [0.717, 1.165) is 0 Å². The number of rotatable bonds is 1. The van der Waals surface area contributed by atoms with Crippen molar-refractivity contribution in [2.24, 2.45) is 9.98 Å². The summed E-state index contributed by atoms with van der Waals surface area (Å²) in [6.45, 7) is 1.79. The SMILES string of the molecule is COC1N=C(C)N=[C]N1. The van der Waals surface area contributed by atoms with Crippen LogP contribution in [0.4, 0.5) is 0 Å². The smallest absolute Gasteiger partial charge is 0.228 e. The number of nitrogens with zero attached hydrogens (tertiary/aromatic N) is 2. The van der Waals surface area contributed by atoms with E-state index in [0.29, 0.717) is 5.84 Å². The second-order valence-corrected chi connectivity index (χ2v) is 1.63. The zero-order valence-electron chi connectivity index (χ0n) is 5.38. The molecule has 0 aromatic heterocycles. The Balaban J connectivity index is 2.55. The molecule has 0 saturated carbocycles. The minimum atomic E-state index is -0.303.